The summed E-state index contributed by atoms with van der Waals surface area (Å²) in [5.74, 6) is -0.293. The second kappa shape index (κ2) is 9.13. The molecule has 3 N–H and O–H groups in total. The Hall–Kier alpha value is -2.47. The Labute approximate surface area is 212 Å². The van der Waals surface area contributed by atoms with Crippen LogP contribution in [0.3, 0.4) is 0 Å². The second-order valence-electron chi connectivity index (χ2n) is 10.3. The van der Waals surface area contributed by atoms with E-state index in [-0.39, 0.29) is 27.8 Å². The lowest BCUT2D eigenvalue weighted by Crippen LogP contribution is -2.46. The fourth-order valence-corrected chi connectivity index (χ4v) is 7.57. The Bertz CT molecular complexity index is 1390. The van der Waals surface area contributed by atoms with E-state index in [1.165, 1.54) is 12.1 Å². The van der Waals surface area contributed by atoms with Crippen LogP contribution in [0.4, 0.5) is 11.4 Å². The third kappa shape index (κ3) is 4.89. The summed E-state index contributed by atoms with van der Waals surface area (Å²) in [7, 11) is -7.28. The molecule has 194 valence electrons. The Morgan fingerprint density at radius 3 is 2.42 bits per heavy atom. The zero-order valence-corrected chi connectivity index (χ0v) is 21.7. The lowest BCUT2D eigenvalue weighted by molar-refractivity contribution is 0.0712. The highest BCUT2D eigenvalue weighted by atomic mass is 32.2. The van der Waals surface area contributed by atoms with Crippen molar-refractivity contribution < 1.29 is 26.7 Å². The molecular weight excluding hydrogens is 502 g/mol. The first kappa shape index (κ1) is 25.2. The van der Waals surface area contributed by atoms with Crippen LogP contribution >= 0.6 is 0 Å². The van der Waals surface area contributed by atoms with Crippen LogP contribution in [0.1, 0.15) is 60.9 Å². The van der Waals surface area contributed by atoms with Crippen molar-refractivity contribution in [3.05, 3.63) is 53.6 Å². The number of benzene rings is 2. The fraction of sp³-hybridized carbons (Fsp3) is 0.480. The summed E-state index contributed by atoms with van der Waals surface area (Å²) < 4.78 is 54.5. The van der Waals surface area contributed by atoms with E-state index in [0.717, 1.165) is 49.6 Å². The van der Waals surface area contributed by atoms with Crippen molar-refractivity contribution in [1.82, 2.24) is 4.72 Å². The smallest absolute Gasteiger partial charge is 0.258 e. The topological polar surface area (TPSA) is 133 Å². The van der Waals surface area contributed by atoms with Crippen molar-refractivity contribution in [2.24, 2.45) is 0 Å². The summed E-state index contributed by atoms with van der Waals surface area (Å²) in [4.78, 5) is 15.4. The number of rotatable bonds is 6. The SMILES string of the molecule is CS(=O)(=O)Nc1ccc2c(c1)C1(CCCCC1)CN2C(=O)c1cccc(S(=O)(=O)NC2CC(O)C2)c1. The fourth-order valence-electron chi connectivity index (χ4n) is 5.71. The van der Waals surface area contributed by atoms with Crippen molar-refractivity contribution in [2.75, 3.05) is 22.4 Å². The van der Waals surface area contributed by atoms with Crippen LogP contribution in [0, 0.1) is 0 Å². The average molecular weight is 534 g/mol. The second-order valence-corrected chi connectivity index (χ2v) is 13.8. The maximum Gasteiger partial charge on any atom is 0.258 e. The van der Waals surface area contributed by atoms with Gasteiger partial charge in [-0.2, -0.15) is 0 Å². The number of carbonyl (C=O) groups is 1. The van der Waals surface area contributed by atoms with Gasteiger partial charge in [-0.25, -0.2) is 21.6 Å². The van der Waals surface area contributed by atoms with Crippen LogP contribution in [0.5, 0.6) is 0 Å². The van der Waals surface area contributed by atoms with Gasteiger partial charge < -0.3 is 10.0 Å². The first-order valence-corrected chi connectivity index (χ1v) is 15.6. The molecule has 2 aliphatic carbocycles. The number of nitrogens with zero attached hydrogens (tertiary/aromatic N) is 1. The van der Waals surface area contributed by atoms with Gasteiger partial charge >= 0.3 is 0 Å². The molecule has 0 saturated heterocycles. The highest BCUT2D eigenvalue weighted by Crippen LogP contribution is 2.50. The van der Waals surface area contributed by atoms with Gasteiger partial charge in [-0.1, -0.05) is 25.3 Å². The number of amides is 1. The summed E-state index contributed by atoms with van der Waals surface area (Å²) in [5.41, 5.74) is 2.17. The summed E-state index contributed by atoms with van der Waals surface area (Å²) in [6.07, 6.45) is 6.35. The summed E-state index contributed by atoms with van der Waals surface area (Å²) in [6.45, 7) is 0.471. The number of hydrogen-bond acceptors (Lipinski definition) is 6. The standard InChI is InChI=1S/C25H31N3O6S2/c1-35(31,32)26-18-8-9-23-22(15-18)25(10-3-2-4-11-25)16-28(23)24(30)17-6-5-7-21(12-17)36(33,34)27-19-13-20(29)14-19/h5-9,12,15,19-20,26-27,29H,2-4,10-11,13-14,16H2,1H3. The molecule has 9 nitrogen and oxygen atoms in total. The predicted molar refractivity (Wildman–Crippen MR) is 137 cm³/mol. The molecule has 2 aromatic carbocycles. The molecule has 1 amide bonds. The number of aliphatic hydroxyl groups is 1. The van der Waals surface area contributed by atoms with E-state index in [2.05, 4.69) is 9.44 Å². The van der Waals surface area contributed by atoms with Gasteiger partial charge in [0.25, 0.3) is 5.91 Å². The van der Waals surface area contributed by atoms with Gasteiger partial charge in [0.15, 0.2) is 0 Å². The monoisotopic (exact) mass is 533 g/mol. The van der Waals surface area contributed by atoms with Gasteiger partial charge in [-0.15, -0.1) is 0 Å². The molecule has 11 heteroatoms. The van der Waals surface area contributed by atoms with E-state index in [9.17, 15) is 26.7 Å². The number of anilines is 2. The summed E-state index contributed by atoms with van der Waals surface area (Å²) in [5, 5.41) is 9.46. The summed E-state index contributed by atoms with van der Waals surface area (Å²) >= 11 is 0. The van der Waals surface area contributed by atoms with Gasteiger partial charge in [0, 0.05) is 34.9 Å². The van der Waals surface area contributed by atoms with Gasteiger partial charge in [0.2, 0.25) is 20.0 Å². The van der Waals surface area contributed by atoms with Crippen molar-refractivity contribution in [1.29, 1.82) is 0 Å². The predicted octanol–water partition coefficient (Wildman–Crippen LogP) is 2.72. The van der Waals surface area contributed by atoms with Crippen molar-refractivity contribution in [3.63, 3.8) is 0 Å². The summed E-state index contributed by atoms with van der Waals surface area (Å²) in [6, 6.07) is 11.0. The normalized spacial score (nSPS) is 23.2. The number of hydrogen-bond donors (Lipinski definition) is 3. The number of carbonyl (C=O) groups excluding carboxylic acids is 1. The average Bonchev–Trinajstić information content (AvgIpc) is 3.10. The first-order valence-electron chi connectivity index (χ1n) is 12.2. The molecule has 0 aromatic heterocycles. The van der Waals surface area contributed by atoms with Crippen LogP contribution in [0.2, 0.25) is 0 Å². The third-order valence-electron chi connectivity index (χ3n) is 7.50. The van der Waals surface area contributed by atoms with Crippen molar-refractivity contribution >= 4 is 37.3 Å². The van der Waals surface area contributed by atoms with E-state index in [1.807, 2.05) is 6.07 Å². The van der Waals surface area contributed by atoms with Gasteiger partial charge in [-0.3, -0.25) is 9.52 Å². The molecular formula is C25H31N3O6S2. The van der Waals surface area contributed by atoms with Gasteiger partial charge in [-0.05, 0) is 67.6 Å². The molecule has 0 atom stereocenters. The third-order valence-corrected chi connectivity index (χ3v) is 9.63. The molecule has 1 heterocycles. The molecule has 0 bridgehead atoms. The number of nitrogens with one attached hydrogen (secondary N) is 2. The lowest BCUT2D eigenvalue weighted by atomic mass is 9.70. The van der Waals surface area contributed by atoms with E-state index in [4.69, 9.17) is 0 Å². The van der Waals surface area contributed by atoms with Crippen molar-refractivity contribution in [2.45, 2.75) is 67.4 Å². The molecule has 2 aromatic rings. The largest absolute Gasteiger partial charge is 0.393 e. The van der Waals surface area contributed by atoms with E-state index in [1.54, 1.807) is 29.2 Å². The molecule has 36 heavy (non-hydrogen) atoms. The Kier molecular flexibility index (Phi) is 6.39. The minimum absolute atomic E-state index is 0.00856. The molecule has 3 aliphatic rings. The highest BCUT2D eigenvalue weighted by Gasteiger charge is 2.45. The first-order chi connectivity index (χ1) is 17.0. The molecule has 2 fully saturated rings. The van der Waals surface area contributed by atoms with Gasteiger partial charge in [0.05, 0.1) is 17.3 Å². The minimum atomic E-state index is -3.83. The minimum Gasteiger partial charge on any atom is -0.393 e. The molecule has 1 spiro atoms. The van der Waals surface area contributed by atoms with E-state index < -0.39 is 26.2 Å². The Morgan fingerprint density at radius 1 is 1.03 bits per heavy atom. The van der Waals surface area contributed by atoms with E-state index in [0.29, 0.717) is 25.1 Å². The Balaban J connectivity index is 1.46. The maximum absolute atomic E-state index is 13.7. The lowest BCUT2D eigenvalue weighted by Gasteiger charge is -2.34. The Morgan fingerprint density at radius 2 is 1.75 bits per heavy atom. The van der Waals surface area contributed by atoms with Crippen molar-refractivity contribution in [3.8, 4) is 0 Å². The molecule has 1 aliphatic heterocycles. The number of aliphatic hydroxyl groups excluding tert-OH is 1. The maximum atomic E-state index is 13.7. The van der Waals surface area contributed by atoms with Crippen LogP contribution in [-0.2, 0) is 25.5 Å². The van der Waals surface area contributed by atoms with Crippen LogP contribution in [-0.4, -0.2) is 52.8 Å². The van der Waals surface area contributed by atoms with Gasteiger partial charge in [0.1, 0.15) is 0 Å². The van der Waals surface area contributed by atoms with Crippen LogP contribution in [0.15, 0.2) is 47.4 Å². The molecule has 2 saturated carbocycles. The number of sulfonamides is 2. The zero-order chi connectivity index (χ0) is 25.7. The van der Waals surface area contributed by atoms with E-state index >= 15 is 0 Å². The molecule has 0 unspecified atom stereocenters. The molecule has 0 radical (unpaired) electrons. The molecule has 5 rings (SSSR count). The van der Waals surface area contributed by atoms with Crippen LogP contribution in [0.25, 0.3) is 0 Å². The highest BCUT2D eigenvalue weighted by molar-refractivity contribution is 7.92. The van der Waals surface area contributed by atoms with Crippen LogP contribution < -0.4 is 14.3 Å². The number of fused-ring (bicyclic) bond motifs is 2. The quantitative estimate of drug-likeness (QED) is 0.523. The zero-order valence-electron chi connectivity index (χ0n) is 20.1.